The van der Waals surface area contributed by atoms with Gasteiger partial charge in [-0.25, -0.2) is 9.59 Å². The van der Waals surface area contributed by atoms with Gasteiger partial charge in [-0.3, -0.25) is 0 Å². The van der Waals surface area contributed by atoms with Crippen LogP contribution in [0.4, 0.5) is 26.3 Å². The van der Waals surface area contributed by atoms with Gasteiger partial charge in [0.25, 0.3) is 0 Å². The minimum absolute atomic E-state index is 0.215. The van der Waals surface area contributed by atoms with Crippen LogP contribution < -0.4 is 0 Å². The number of alkyl halides is 6. The van der Waals surface area contributed by atoms with Gasteiger partial charge in [0.2, 0.25) is 0 Å². The van der Waals surface area contributed by atoms with Crippen LogP contribution in [-0.4, -0.2) is 59.9 Å². The van der Waals surface area contributed by atoms with Gasteiger partial charge < -0.3 is 19.7 Å². The molecular formula is C8H8F6O6. The molecule has 0 amide bonds. The Balaban J connectivity index is 6.51. The van der Waals surface area contributed by atoms with Gasteiger partial charge in [-0.1, -0.05) is 0 Å². The normalized spacial score (nSPS) is 18.7. The topological polar surface area (TPSA) is 93.1 Å². The highest BCUT2D eigenvalue weighted by molar-refractivity contribution is 5.94. The van der Waals surface area contributed by atoms with Crippen LogP contribution in [0.2, 0.25) is 0 Å². The number of carbonyl (C=O) groups excluding carboxylic acids is 2. The molecule has 0 saturated carbocycles. The molecule has 2 N–H and O–H groups in total. The zero-order valence-electron chi connectivity index (χ0n) is 9.80. The lowest BCUT2D eigenvalue weighted by atomic mass is 9.81. The van der Waals surface area contributed by atoms with Crippen LogP contribution in [0.5, 0.6) is 0 Å². The molecule has 0 aliphatic heterocycles. The van der Waals surface area contributed by atoms with Crippen molar-refractivity contribution in [2.24, 2.45) is 0 Å². The molecule has 0 rings (SSSR count). The first-order valence-corrected chi connectivity index (χ1v) is 4.46. The maximum Gasteiger partial charge on any atom is 0.432 e. The number of hydrogen-bond acceptors (Lipinski definition) is 6. The van der Waals surface area contributed by atoms with Crippen LogP contribution in [0.25, 0.3) is 0 Å². The van der Waals surface area contributed by atoms with E-state index in [1.165, 1.54) is 0 Å². The summed E-state index contributed by atoms with van der Waals surface area (Å²) in [5, 5.41) is 18.2. The molecular weight excluding hydrogens is 306 g/mol. The summed E-state index contributed by atoms with van der Waals surface area (Å²) in [6.07, 6.45) is -12.8. The van der Waals surface area contributed by atoms with E-state index in [1.54, 1.807) is 0 Å². The Bertz CT molecular complexity index is 365. The summed E-state index contributed by atoms with van der Waals surface area (Å²) >= 11 is 0. The second-order valence-electron chi connectivity index (χ2n) is 3.40. The number of carbonyl (C=O) groups is 2. The number of ether oxygens (including phenoxy) is 2. The molecule has 2 atom stereocenters. The Morgan fingerprint density at radius 1 is 0.750 bits per heavy atom. The summed E-state index contributed by atoms with van der Waals surface area (Å²) < 4.78 is 82.7. The molecule has 0 spiro atoms. The van der Waals surface area contributed by atoms with Crippen LogP contribution in [0.3, 0.4) is 0 Å². The predicted octanol–water partition coefficient (Wildman–Crippen LogP) is -0.0808. The van der Waals surface area contributed by atoms with E-state index >= 15 is 0 Å². The molecule has 0 saturated heterocycles. The van der Waals surface area contributed by atoms with Crippen LogP contribution >= 0.6 is 0 Å². The Morgan fingerprint density at radius 2 is 0.950 bits per heavy atom. The fourth-order valence-corrected chi connectivity index (χ4v) is 1.23. The van der Waals surface area contributed by atoms with Crippen molar-refractivity contribution in [2.75, 3.05) is 14.2 Å². The maximum atomic E-state index is 12.6. The number of hydrogen-bond donors (Lipinski definition) is 2. The van der Waals surface area contributed by atoms with E-state index < -0.39 is 35.5 Å². The zero-order chi connectivity index (χ0) is 16.6. The molecule has 0 aromatic heterocycles. The molecule has 20 heavy (non-hydrogen) atoms. The molecule has 0 aromatic carbocycles. The Labute approximate surface area is 106 Å². The van der Waals surface area contributed by atoms with Gasteiger partial charge in [0.1, 0.15) is 0 Å². The summed E-state index contributed by atoms with van der Waals surface area (Å²) in [7, 11) is 0.431. The SMILES string of the molecule is COC(=O)C(O)(C(F)(F)F)C(O)(C(=O)OC)C(F)(F)F. The summed E-state index contributed by atoms with van der Waals surface area (Å²) in [6, 6.07) is 0. The lowest BCUT2D eigenvalue weighted by Gasteiger charge is -2.40. The molecule has 0 aliphatic carbocycles. The third kappa shape index (κ3) is 2.28. The second kappa shape index (κ2) is 5.09. The average Bonchev–Trinajstić information content (AvgIpc) is 2.31. The third-order valence-corrected chi connectivity index (χ3v) is 2.31. The number of halogens is 6. The molecule has 0 aliphatic rings. The molecule has 0 radical (unpaired) electrons. The monoisotopic (exact) mass is 314 g/mol. The number of esters is 2. The summed E-state index contributed by atoms with van der Waals surface area (Å²) in [6.45, 7) is 0. The number of aliphatic hydroxyl groups is 2. The van der Waals surface area contributed by atoms with Crippen LogP contribution in [0.1, 0.15) is 0 Å². The Hall–Kier alpha value is -1.56. The van der Waals surface area contributed by atoms with Gasteiger partial charge in [0, 0.05) is 0 Å². The molecule has 12 heteroatoms. The lowest BCUT2D eigenvalue weighted by Crippen LogP contribution is -2.76. The average molecular weight is 314 g/mol. The second-order valence-corrected chi connectivity index (χ2v) is 3.40. The van der Waals surface area contributed by atoms with E-state index in [0.717, 1.165) is 0 Å². The quantitative estimate of drug-likeness (QED) is 0.559. The van der Waals surface area contributed by atoms with Crippen LogP contribution in [0, 0.1) is 0 Å². The van der Waals surface area contributed by atoms with Gasteiger partial charge in [-0.2, -0.15) is 26.3 Å². The minimum atomic E-state index is -6.39. The summed E-state index contributed by atoms with van der Waals surface area (Å²) in [5.41, 5.74) is -11.2. The van der Waals surface area contributed by atoms with Gasteiger partial charge in [-0.05, 0) is 0 Å². The lowest BCUT2D eigenvalue weighted by molar-refractivity contribution is -0.366. The van der Waals surface area contributed by atoms with E-state index in [1.807, 2.05) is 0 Å². The van der Waals surface area contributed by atoms with Gasteiger partial charge in [-0.15, -0.1) is 0 Å². The molecule has 0 fully saturated rings. The molecule has 2 unspecified atom stereocenters. The van der Waals surface area contributed by atoms with E-state index in [9.17, 15) is 35.9 Å². The molecule has 0 bridgehead atoms. The first kappa shape index (κ1) is 18.4. The van der Waals surface area contributed by atoms with Gasteiger partial charge >= 0.3 is 35.5 Å². The fraction of sp³-hybridized carbons (Fsp3) is 0.750. The van der Waals surface area contributed by atoms with Crippen molar-refractivity contribution in [1.29, 1.82) is 0 Å². The fourth-order valence-electron chi connectivity index (χ4n) is 1.23. The van der Waals surface area contributed by atoms with Crippen molar-refractivity contribution in [3.63, 3.8) is 0 Å². The first-order chi connectivity index (χ1) is 8.71. The van der Waals surface area contributed by atoms with E-state index in [0.29, 0.717) is 0 Å². The van der Waals surface area contributed by atoms with Crippen molar-refractivity contribution >= 4 is 11.9 Å². The Kier molecular flexibility index (Phi) is 4.69. The van der Waals surface area contributed by atoms with E-state index in [4.69, 9.17) is 10.2 Å². The van der Waals surface area contributed by atoms with Gasteiger partial charge in [0.05, 0.1) is 14.2 Å². The molecule has 118 valence electrons. The highest BCUT2D eigenvalue weighted by Gasteiger charge is 2.84. The Morgan fingerprint density at radius 3 is 1.05 bits per heavy atom. The van der Waals surface area contributed by atoms with Crippen molar-refractivity contribution in [3.05, 3.63) is 0 Å². The summed E-state index contributed by atoms with van der Waals surface area (Å²) in [5.74, 6) is -5.87. The highest BCUT2D eigenvalue weighted by Crippen LogP contribution is 2.48. The highest BCUT2D eigenvalue weighted by atomic mass is 19.4. The zero-order valence-corrected chi connectivity index (χ0v) is 9.80. The van der Waals surface area contributed by atoms with E-state index in [-0.39, 0.29) is 14.2 Å². The van der Waals surface area contributed by atoms with Gasteiger partial charge in [0.15, 0.2) is 0 Å². The standard InChI is InChI=1S/C8H8F6O6/c1-19-3(15)5(17,7(9,10)11)6(18,4(16)20-2)8(12,13)14/h17-18H,1-2H3. The van der Waals surface area contributed by atoms with E-state index in [2.05, 4.69) is 9.47 Å². The smallest absolute Gasteiger partial charge is 0.432 e. The van der Waals surface area contributed by atoms with Crippen molar-refractivity contribution < 1.29 is 55.6 Å². The maximum absolute atomic E-state index is 12.6. The number of methoxy groups -OCH3 is 2. The summed E-state index contributed by atoms with van der Waals surface area (Å²) in [4.78, 5) is 21.9. The molecule has 0 heterocycles. The molecule has 0 aromatic rings. The van der Waals surface area contributed by atoms with Crippen molar-refractivity contribution in [2.45, 2.75) is 23.6 Å². The van der Waals surface area contributed by atoms with Crippen LogP contribution in [0.15, 0.2) is 0 Å². The van der Waals surface area contributed by atoms with Crippen molar-refractivity contribution in [3.8, 4) is 0 Å². The predicted molar refractivity (Wildman–Crippen MR) is 46.0 cm³/mol. The third-order valence-electron chi connectivity index (χ3n) is 2.31. The minimum Gasteiger partial charge on any atom is -0.467 e. The van der Waals surface area contributed by atoms with Crippen LogP contribution in [-0.2, 0) is 19.1 Å². The number of rotatable bonds is 3. The van der Waals surface area contributed by atoms with Crippen molar-refractivity contribution in [1.82, 2.24) is 0 Å². The first-order valence-electron chi connectivity index (χ1n) is 4.46. The molecule has 6 nitrogen and oxygen atoms in total. The largest absolute Gasteiger partial charge is 0.467 e.